The Morgan fingerprint density at radius 2 is 1.89 bits per heavy atom. The van der Waals surface area contributed by atoms with E-state index >= 15 is 0 Å². The molecular formula is C12H9IN2O2S. The van der Waals surface area contributed by atoms with Crippen LogP contribution in [0, 0.1) is 3.57 Å². The third-order valence-electron chi connectivity index (χ3n) is 2.49. The van der Waals surface area contributed by atoms with Gasteiger partial charge in [-0.1, -0.05) is 12.1 Å². The Balaban J connectivity index is 2.37. The van der Waals surface area contributed by atoms with E-state index in [9.17, 15) is 9.59 Å². The number of likely N-dealkylation sites (N-methyl/N-ethyl adjacent to an activating group) is 1. The average molecular weight is 372 g/mol. The lowest BCUT2D eigenvalue weighted by molar-refractivity contribution is -0.128. The molecule has 1 aliphatic rings. The maximum atomic E-state index is 11.9. The smallest absolute Gasteiger partial charge is 0.265 e. The van der Waals surface area contributed by atoms with Gasteiger partial charge in [-0.25, -0.2) is 0 Å². The van der Waals surface area contributed by atoms with E-state index in [0.717, 1.165) is 9.13 Å². The number of amides is 2. The van der Waals surface area contributed by atoms with Crippen LogP contribution < -0.4 is 5.32 Å². The molecule has 0 radical (unpaired) electrons. The molecule has 18 heavy (non-hydrogen) atoms. The fraction of sp³-hybridized carbons (Fsp3) is 0.0833. The molecule has 0 atom stereocenters. The number of hydrogen-bond acceptors (Lipinski definition) is 3. The summed E-state index contributed by atoms with van der Waals surface area (Å²) in [5.74, 6) is -0.844. The minimum atomic E-state index is -0.457. The Hall–Kier alpha value is -1.28. The first-order chi connectivity index (χ1) is 8.49. The summed E-state index contributed by atoms with van der Waals surface area (Å²) in [5, 5.41) is 2.60. The fourth-order valence-corrected chi connectivity index (χ4v) is 2.01. The van der Waals surface area contributed by atoms with Gasteiger partial charge in [0.05, 0.1) is 0 Å². The number of thiocarbonyl (C=S) groups is 1. The van der Waals surface area contributed by atoms with Gasteiger partial charge in [-0.15, -0.1) is 0 Å². The quantitative estimate of drug-likeness (QED) is 0.352. The van der Waals surface area contributed by atoms with Crippen molar-refractivity contribution >= 4 is 57.8 Å². The third kappa shape index (κ3) is 2.59. The van der Waals surface area contributed by atoms with Crippen molar-refractivity contribution in [1.29, 1.82) is 0 Å². The minimum Gasteiger partial charge on any atom is -0.298 e. The summed E-state index contributed by atoms with van der Waals surface area (Å²) in [6.07, 6.45) is 1.56. The van der Waals surface area contributed by atoms with Gasteiger partial charge >= 0.3 is 0 Å². The lowest BCUT2D eigenvalue weighted by Crippen LogP contribution is -2.52. The number of halogens is 1. The monoisotopic (exact) mass is 372 g/mol. The number of nitrogens with one attached hydrogen (secondary N) is 1. The molecule has 0 saturated carbocycles. The molecular weight excluding hydrogens is 363 g/mol. The van der Waals surface area contributed by atoms with Crippen LogP contribution in [0.5, 0.6) is 0 Å². The van der Waals surface area contributed by atoms with E-state index in [0.29, 0.717) is 0 Å². The van der Waals surface area contributed by atoms with E-state index in [1.165, 1.54) is 11.9 Å². The van der Waals surface area contributed by atoms with Crippen molar-refractivity contribution in [1.82, 2.24) is 10.2 Å². The molecule has 1 fully saturated rings. The van der Waals surface area contributed by atoms with Gasteiger partial charge in [-0.05, 0) is 58.6 Å². The zero-order valence-electron chi connectivity index (χ0n) is 9.44. The van der Waals surface area contributed by atoms with Crippen molar-refractivity contribution in [2.75, 3.05) is 7.05 Å². The molecule has 0 aliphatic carbocycles. The zero-order valence-corrected chi connectivity index (χ0v) is 12.4. The molecule has 2 rings (SSSR count). The second kappa shape index (κ2) is 5.15. The van der Waals surface area contributed by atoms with Crippen LogP contribution in [-0.4, -0.2) is 28.9 Å². The van der Waals surface area contributed by atoms with E-state index in [-0.39, 0.29) is 16.6 Å². The Labute approximate surface area is 123 Å². The molecule has 0 bridgehead atoms. The number of benzene rings is 1. The van der Waals surface area contributed by atoms with E-state index in [2.05, 4.69) is 27.9 Å². The van der Waals surface area contributed by atoms with Gasteiger partial charge in [0.1, 0.15) is 5.57 Å². The number of nitrogens with zero attached hydrogens (tertiary/aromatic N) is 1. The van der Waals surface area contributed by atoms with Crippen LogP contribution in [0.4, 0.5) is 0 Å². The first-order valence-electron chi connectivity index (χ1n) is 5.09. The largest absolute Gasteiger partial charge is 0.298 e. The predicted molar refractivity (Wildman–Crippen MR) is 80.6 cm³/mol. The predicted octanol–water partition coefficient (Wildman–Crippen LogP) is 1.55. The molecule has 1 saturated heterocycles. The van der Waals surface area contributed by atoms with Crippen molar-refractivity contribution in [3.05, 3.63) is 39.0 Å². The molecule has 92 valence electrons. The zero-order chi connectivity index (χ0) is 13.3. The lowest BCUT2D eigenvalue weighted by Gasteiger charge is -2.24. The van der Waals surface area contributed by atoms with Crippen LogP contribution in [0.15, 0.2) is 29.8 Å². The molecule has 1 N–H and O–H groups in total. The molecule has 1 aliphatic heterocycles. The van der Waals surface area contributed by atoms with Crippen LogP contribution in [0.2, 0.25) is 0 Å². The van der Waals surface area contributed by atoms with E-state index in [4.69, 9.17) is 12.2 Å². The van der Waals surface area contributed by atoms with Crippen molar-refractivity contribution < 1.29 is 9.59 Å². The summed E-state index contributed by atoms with van der Waals surface area (Å²) in [5.41, 5.74) is 0.891. The Morgan fingerprint density at radius 3 is 2.50 bits per heavy atom. The molecule has 1 heterocycles. The van der Waals surface area contributed by atoms with Crippen LogP contribution in [0.3, 0.4) is 0 Å². The van der Waals surface area contributed by atoms with Gasteiger partial charge in [-0.2, -0.15) is 0 Å². The van der Waals surface area contributed by atoms with Crippen LogP contribution in [0.1, 0.15) is 5.56 Å². The third-order valence-corrected chi connectivity index (χ3v) is 3.58. The van der Waals surface area contributed by atoms with Gasteiger partial charge in [0.2, 0.25) is 0 Å². The number of carbonyl (C=O) groups is 2. The Kier molecular flexibility index (Phi) is 3.76. The molecule has 1 aromatic rings. The molecule has 0 aromatic heterocycles. The average Bonchev–Trinajstić information content (AvgIpc) is 2.34. The second-order valence-corrected chi connectivity index (χ2v) is 5.37. The van der Waals surface area contributed by atoms with E-state index in [1.807, 2.05) is 24.3 Å². The summed E-state index contributed by atoms with van der Waals surface area (Å²) >= 11 is 7.05. The fourth-order valence-electron chi connectivity index (χ4n) is 1.47. The van der Waals surface area contributed by atoms with Gasteiger partial charge < -0.3 is 0 Å². The lowest BCUT2D eigenvalue weighted by atomic mass is 10.1. The van der Waals surface area contributed by atoms with E-state index in [1.54, 1.807) is 6.08 Å². The molecule has 0 spiro atoms. The van der Waals surface area contributed by atoms with Gasteiger partial charge in [0.15, 0.2) is 5.11 Å². The molecule has 2 amide bonds. The van der Waals surface area contributed by atoms with E-state index < -0.39 is 5.91 Å². The highest BCUT2D eigenvalue weighted by molar-refractivity contribution is 14.1. The first-order valence-corrected chi connectivity index (χ1v) is 6.58. The van der Waals surface area contributed by atoms with Crippen LogP contribution in [-0.2, 0) is 9.59 Å². The van der Waals surface area contributed by atoms with Gasteiger partial charge in [0, 0.05) is 10.6 Å². The summed E-state index contributed by atoms with van der Waals surface area (Å²) in [7, 11) is 1.53. The van der Waals surface area contributed by atoms with Gasteiger partial charge in [0.25, 0.3) is 11.8 Å². The van der Waals surface area contributed by atoms with Crippen molar-refractivity contribution in [3.8, 4) is 0 Å². The molecule has 0 unspecified atom stereocenters. The first kappa shape index (κ1) is 13.2. The highest BCUT2D eigenvalue weighted by Gasteiger charge is 2.30. The molecule has 4 nitrogen and oxygen atoms in total. The minimum absolute atomic E-state index is 0.0901. The summed E-state index contributed by atoms with van der Waals surface area (Å²) in [6.45, 7) is 0. The SMILES string of the molecule is CN1C(=O)C(=Cc2ccc(I)cc2)C(=O)NC1=S. The highest BCUT2D eigenvalue weighted by atomic mass is 127. The maximum absolute atomic E-state index is 11.9. The van der Waals surface area contributed by atoms with Crippen LogP contribution >= 0.6 is 34.8 Å². The summed E-state index contributed by atoms with van der Waals surface area (Å²) in [6, 6.07) is 7.52. The molecule has 6 heteroatoms. The molecule has 1 aromatic carbocycles. The maximum Gasteiger partial charge on any atom is 0.265 e. The van der Waals surface area contributed by atoms with Crippen molar-refractivity contribution in [2.45, 2.75) is 0 Å². The van der Waals surface area contributed by atoms with Crippen molar-refractivity contribution in [3.63, 3.8) is 0 Å². The topological polar surface area (TPSA) is 49.4 Å². The number of hydrogen-bond donors (Lipinski definition) is 1. The Bertz CT molecular complexity index is 566. The number of rotatable bonds is 1. The second-order valence-electron chi connectivity index (χ2n) is 3.73. The van der Waals surface area contributed by atoms with Crippen molar-refractivity contribution in [2.24, 2.45) is 0 Å². The highest BCUT2D eigenvalue weighted by Crippen LogP contribution is 2.14. The standard InChI is InChI=1S/C12H9IN2O2S/c1-15-11(17)9(10(16)14-12(15)18)6-7-2-4-8(13)5-3-7/h2-6H,1H3,(H,14,16,18). The van der Waals surface area contributed by atoms with Crippen LogP contribution in [0.25, 0.3) is 6.08 Å². The Morgan fingerprint density at radius 1 is 1.28 bits per heavy atom. The van der Waals surface area contributed by atoms with Gasteiger partial charge in [-0.3, -0.25) is 19.8 Å². The number of carbonyl (C=O) groups excluding carboxylic acids is 2. The summed E-state index contributed by atoms with van der Waals surface area (Å²) in [4.78, 5) is 24.9. The normalized spacial score (nSPS) is 18.2. The summed E-state index contributed by atoms with van der Waals surface area (Å²) < 4.78 is 1.09.